The topological polar surface area (TPSA) is 130 Å². The van der Waals surface area contributed by atoms with Gasteiger partial charge in [0.2, 0.25) is 7.37 Å². The van der Waals surface area contributed by atoms with Gasteiger partial charge in [-0.1, -0.05) is 24.3 Å². The number of ether oxygens (including phenoxy) is 3. The molecule has 0 saturated carbocycles. The van der Waals surface area contributed by atoms with Crippen molar-refractivity contribution in [1.82, 2.24) is 19.4 Å². The molecule has 2 amide bonds. The third-order valence-corrected chi connectivity index (χ3v) is 11.2. The lowest BCUT2D eigenvalue weighted by Gasteiger charge is -2.46. The Labute approximate surface area is 292 Å². The molecule has 12 nitrogen and oxygen atoms in total. The van der Waals surface area contributed by atoms with Crippen molar-refractivity contribution in [1.29, 1.82) is 0 Å². The van der Waals surface area contributed by atoms with Gasteiger partial charge >= 0.3 is 18.2 Å². The van der Waals surface area contributed by atoms with E-state index < -0.39 is 47.5 Å². The van der Waals surface area contributed by atoms with Gasteiger partial charge in [0.25, 0.3) is 0 Å². The van der Waals surface area contributed by atoms with Crippen LogP contribution < -0.4 is 0 Å². The lowest BCUT2D eigenvalue weighted by molar-refractivity contribution is -0.160. The van der Waals surface area contributed by atoms with E-state index in [1.165, 1.54) is 0 Å². The smallest absolute Gasteiger partial charge is 0.419 e. The number of carbonyl (C=O) groups excluding carboxylic acids is 3. The van der Waals surface area contributed by atoms with Crippen LogP contribution in [0.2, 0.25) is 0 Å². The summed E-state index contributed by atoms with van der Waals surface area (Å²) in [5.41, 5.74) is -0.502. The van der Waals surface area contributed by atoms with Crippen molar-refractivity contribution in [2.75, 3.05) is 32.4 Å². The molecule has 1 aromatic carbocycles. The van der Waals surface area contributed by atoms with Gasteiger partial charge in [-0.15, -0.1) is 0 Å². The van der Waals surface area contributed by atoms with Gasteiger partial charge in [-0.3, -0.25) is 14.3 Å². The number of carbonyl (C=O) groups is 3. The molecule has 0 spiro atoms. The van der Waals surface area contributed by atoms with Gasteiger partial charge in [0.05, 0.1) is 6.61 Å². The molecule has 1 aliphatic heterocycles. The van der Waals surface area contributed by atoms with E-state index >= 15 is 0 Å². The van der Waals surface area contributed by atoms with Gasteiger partial charge in [-0.25, -0.2) is 19.5 Å². The Morgan fingerprint density at radius 2 is 1.51 bits per heavy atom. The summed E-state index contributed by atoms with van der Waals surface area (Å²) in [5.74, 6) is 0.251. The zero-order valence-electron chi connectivity index (χ0n) is 31.3. The first-order valence-corrected chi connectivity index (χ1v) is 18.9. The van der Waals surface area contributed by atoms with E-state index in [1.54, 1.807) is 75.4 Å². The van der Waals surface area contributed by atoms with Gasteiger partial charge in [0.1, 0.15) is 22.6 Å². The van der Waals surface area contributed by atoms with Crippen molar-refractivity contribution in [2.24, 2.45) is 7.05 Å². The number of esters is 1. The maximum atomic E-state index is 14.8. The van der Waals surface area contributed by atoms with Crippen molar-refractivity contribution < 1.29 is 37.7 Å². The van der Waals surface area contributed by atoms with E-state index in [4.69, 9.17) is 18.7 Å². The molecule has 2 aromatic rings. The zero-order chi connectivity index (χ0) is 36.8. The fourth-order valence-corrected chi connectivity index (χ4v) is 8.83. The van der Waals surface area contributed by atoms with Crippen LogP contribution in [0.5, 0.6) is 0 Å². The van der Waals surface area contributed by atoms with Crippen molar-refractivity contribution >= 4 is 25.5 Å². The Bertz CT molecular complexity index is 1480. The number of amides is 2. The number of hydrogen-bond donors (Lipinski definition) is 0. The molecule has 1 aromatic heterocycles. The fraction of sp³-hybridized carbons (Fsp3) is 0.667. The molecular weight excluding hydrogens is 647 g/mol. The molecule has 1 fully saturated rings. The van der Waals surface area contributed by atoms with Crippen LogP contribution in [0, 0.1) is 0 Å². The van der Waals surface area contributed by atoms with Crippen LogP contribution in [0.1, 0.15) is 94.1 Å². The third-order valence-electron chi connectivity index (χ3n) is 7.89. The number of benzene rings is 1. The SMILES string of the molecule is CCOP1(=O)CCN(Cc2ccccc2-c2nccn2C)CC1(CCCCN(C(=O)OC(C)(C)C)C(=O)OC(C)(C)C)C(=O)OC(C)(C)C. The van der Waals surface area contributed by atoms with Gasteiger partial charge in [0.15, 0.2) is 5.16 Å². The molecule has 0 N–H and O–H groups in total. The molecule has 2 atom stereocenters. The quantitative estimate of drug-likeness (QED) is 0.0996. The fourth-order valence-electron chi connectivity index (χ4n) is 5.82. The Hall–Kier alpha value is -3.21. The standard InChI is InChI=1S/C36H57N4O8P/c1-12-45-49(44)24-23-39(25-27-17-13-14-18-28(27)29-37-20-22-38(29)11)26-36(49,30(41)46-33(2,3)4)19-15-16-21-40(31(42)47-34(5,6)7)32(43)48-35(8,9)10/h13-14,17-18,20,22H,12,15-16,19,21,23-26H2,1-11H3. The predicted octanol–water partition coefficient (Wildman–Crippen LogP) is 7.64. The molecule has 0 bridgehead atoms. The van der Waals surface area contributed by atoms with Gasteiger partial charge in [-0.2, -0.15) is 0 Å². The summed E-state index contributed by atoms with van der Waals surface area (Å²) in [4.78, 5) is 48.1. The molecular formula is C36H57N4O8P. The first-order valence-electron chi connectivity index (χ1n) is 17.1. The van der Waals surface area contributed by atoms with Crippen molar-refractivity contribution in [3.05, 3.63) is 42.2 Å². The van der Waals surface area contributed by atoms with Crippen molar-refractivity contribution in [2.45, 2.75) is 117 Å². The molecule has 0 aliphatic carbocycles. The maximum absolute atomic E-state index is 14.8. The normalized spacial score (nSPS) is 20.5. The minimum Gasteiger partial charge on any atom is -0.459 e. The highest BCUT2D eigenvalue weighted by Crippen LogP contribution is 2.64. The lowest BCUT2D eigenvalue weighted by atomic mass is 9.98. The van der Waals surface area contributed by atoms with Crippen LogP contribution in [-0.2, 0) is 41.7 Å². The average Bonchev–Trinajstić information content (AvgIpc) is 3.37. The summed E-state index contributed by atoms with van der Waals surface area (Å²) in [6, 6.07) is 8.00. The van der Waals surface area contributed by atoms with Gasteiger partial charge in [-0.05, 0) is 94.1 Å². The largest absolute Gasteiger partial charge is 0.459 e. The number of rotatable bonds is 11. The van der Waals surface area contributed by atoms with Crippen molar-refractivity contribution in [3.8, 4) is 11.4 Å². The number of unbranched alkanes of at least 4 members (excludes halogenated alkanes) is 1. The Balaban J connectivity index is 1.94. The van der Waals surface area contributed by atoms with Gasteiger partial charge in [0, 0.05) is 57.3 Å². The minimum absolute atomic E-state index is 0.0199. The Morgan fingerprint density at radius 1 is 0.918 bits per heavy atom. The monoisotopic (exact) mass is 704 g/mol. The molecule has 1 saturated heterocycles. The number of nitrogens with zero attached hydrogens (tertiary/aromatic N) is 4. The lowest BCUT2D eigenvalue weighted by Crippen LogP contribution is -2.56. The minimum atomic E-state index is -3.59. The molecule has 2 unspecified atom stereocenters. The number of hydrogen-bond acceptors (Lipinski definition) is 10. The van der Waals surface area contributed by atoms with E-state index in [0.29, 0.717) is 25.9 Å². The second kappa shape index (κ2) is 15.8. The van der Waals surface area contributed by atoms with E-state index in [9.17, 15) is 18.9 Å². The summed E-state index contributed by atoms with van der Waals surface area (Å²) >= 11 is 0. The van der Waals surface area contributed by atoms with Crippen LogP contribution >= 0.6 is 7.37 Å². The summed E-state index contributed by atoms with van der Waals surface area (Å²) in [7, 11) is -1.65. The molecule has 2 heterocycles. The first kappa shape index (κ1) is 40.2. The second-order valence-corrected chi connectivity index (χ2v) is 18.6. The number of imidazole rings is 1. The Kier molecular flexibility index (Phi) is 12.9. The maximum Gasteiger partial charge on any atom is 0.419 e. The highest BCUT2D eigenvalue weighted by atomic mass is 31.2. The predicted molar refractivity (Wildman–Crippen MR) is 190 cm³/mol. The van der Waals surface area contributed by atoms with Crippen LogP contribution in [0.3, 0.4) is 0 Å². The van der Waals surface area contributed by atoms with E-state index in [0.717, 1.165) is 21.9 Å². The molecule has 49 heavy (non-hydrogen) atoms. The molecule has 0 radical (unpaired) electrons. The third kappa shape index (κ3) is 10.9. The van der Waals surface area contributed by atoms with Crippen molar-refractivity contribution in [3.63, 3.8) is 0 Å². The molecule has 1 aliphatic rings. The van der Waals surface area contributed by atoms with Crippen LogP contribution in [0.4, 0.5) is 9.59 Å². The Morgan fingerprint density at radius 3 is 2.04 bits per heavy atom. The van der Waals surface area contributed by atoms with E-state index in [1.807, 2.05) is 42.1 Å². The zero-order valence-corrected chi connectivity index (χ0v) is 32.2. The first-order chi connectivity index (χ1) is 22.6. The summed E-state index contributed by atoms with van der Waals surface area (Å²) in [5, 5.41) is -1.48. The van der Waals surface area contributed by atoms with E-state index in [-0.39, 0.29) is 32.3 Å². The van der Waals surface area contributed by atoms with Gasteiger partial charge < -0.3 is 23.3 Å². The number of aryl methyl sites for hydroxylation is 1. The summed E-state index contributed by atoms with van der Waals surface area (Å²) in [6.07, 6.45) is 2.99. The number of imide groups is 1. The molecule has 274 valence electrons. The average molecular weight is 705 g/mol. The number of aromatic nitrogens is 2. The molecule has 13 heteroatoms. The van der Waals surface area contributed by atoms with E-state index in [2.05, 4.69) is 9.88 Å². The van der Waals surface area contributed by atoms with Crippen LogP contribution in [-0.4, -0.2) is 91.9 Å². The van der Waals surface area contributed by atoms with Crippen LogP contribution in [0.15, 0.2) is 36.7 Å². The van der Waals surface area contributed by atoms with Crippen LogP contribution in [0.25, 0.3) is 11.4 Å². The highest BCUT2D eigenvalue weighted by molar-refractivity contribution is 7.62. The summed E-state index contributed by atoms with van der Waals surface area (Å²) in [6.45, 7) is 18.7. The highest BCUT2D eigenvalue weighted by Gasteiger charge is 2.59. The summed E-state index contributed by atoms with van der Waals surface area (Å²) < 4.78 is 39.9. The molecule has 3 rings (SSSR count). The second-order valence-electron chi connectivity index (χ2n) is 15.6.